The van der Waals surface area contributed by atoms with Gasteiger partial charge in [0, 0.05) is 0 Å². The Hall–Kier alpha value is -1.95. The second-order valence-corrected chi connectivity index (χ2v) is 8.17. The molecule has 0 amide bonds. The molecular formula is C21H31N5O. The Morgan fingerprint density at radius 1 is 1.00 bits per heavy atom. The van der Waals surface area contributed by atoms with Crippen molar-refractivity contribution in [2.24, 2.45) is 5.92 Å². The summed E-state index contributed by atoms with van der Waals surface area (Å²) < 4.78 is 7.49. The molecule has 2 aliphatic rings. The number of tetrazole rings is 1. The highest BCUT2D eigenvalue weighted by molar-refractivity contribution is 5.32. The zero-order chi connectivity index (χ0) is 18.6. The van der Waals surface area contributed by atoms with E-state index < -0.39 is 0 Å². The van der Waals surface area contributed by atoms with Gasteiger partial charge in [-0.15, -0.1) is 5.10 Å². The van der Waals surface area contributed by atoms with Gasteiger partial charge in [0.2, 0.25) is 0 Å². The summed E-state index contributed by atoms with van der Waals surface area (Å²) in [4.78, 5) is 2.56. The molecule has 27 heavy (non-hydrogen) atoms. The van der Waals surface area contributed by atoms with Gasteiger partial charge >= 0.3 is 0 Å². The van der Waals surface area contributed by atoms with Crippen molar-refractivity contribution < 1.29 is 4.74 Å². The summed E-state index contributed by atoms with van der Waals surface area (Å²) in [5.74, 6) is 2.69. The van der Waals surface area contributed by atoms with Crippen molar-refractivity contribution in [2.75, 3.05) is 20.2 Å². The molecule has 4 rings (SSSR count). The van der Waals surface area contributed by atoms with Crippen LogP contribution in [0.25, 0.3) is 0 Å². The van der Waals surface area contributed by atoms with E-state index in [0.29, 0.717) is 6.04 Å². The van der Waals surface area contributed by atoms with Crippen LogP contribution in [-0.2, 0) is 0 Å². The molecule has 1 saturated heterocycles. The minimum atomic E-state index is 0.111. The van der Waals surface area contributed by atoms with E-state index in [-0.39, 0.29) is 6.04 Å². The molecule has 2 heterocycles. The molecule has 1 atom stereocenters. The molecule has 1 aliphatic heterocycles. The molecule has 146 valence electrons. The van der Waals surface area contributed by atoms with Gasteiger partial charge in [-0.3, -0.25) is 4.90 Å². The summed E-state index contributed by atoms with van der Waals surface area (Å²) in [6.45, 7) is 4.54. The normalized spacial score (nSPS) is 21.3. The van der Waals surface area contributed by atoms with Gasteiger partial charge in [-0.1, -0.05) is 38.3 Å². The van der Waals surface area contributed by atoms with Gasteiger partial charge in [0.15, 0.2) is 5.82 Å². The number of benzene rings is 1. The van der Waals surface area contributed by atoms with Crippen LogP contribution in [0.4, 0.5) is 0 Å². The quantitative estimate of drug-likeness (QED) is 0.797. The molecule has 0 N–H and O–H groups in total. The lowest BCUT2D eigenvalue weighted by molar-refractivity contribution is 0.146. The van der Waals surface area contributed by atoms with Gasteiger partial charge in [-0.05, 0) is 72.8 Å². The van der Waals surface area contributed by atoms with Gasteiger partial charge in [-0.2, -0.15) is 0 Å². The Balaban J connectivity index is 1.68. The lowest BCUT2D eigenvalue weighted by atomic mass is 9.93. The largest absolute Gasteiger partial charge is 0.497 e. The second-order valence-electron chi connectivity index (χ2n) is 8.17. The van der Waals surface area contributed by atoms with E-state index in [0.717, 1.165) is 30.6 Å². The third-order valence-corrected chi connectivity index (χ3v) is 6.30. The minimum absolute atomic E-state index is 0.111. The summed E-state index contributed by atoms with van der Waals surface area (Å²) >= 11 is 0. The third-order valence-electron chi connectivity index (χ3n) is 6.30. The van der Waals surface area contributed by atoms with Crippen LogP contribution < -0.4 is 4.74 Å². The Kier molecular flexibility index (Phi) is 5.72. The standard InChI is InChI=1S/C21H31N5O/c1-16-12-14-25(15-13-16)20(17-8-10-19(27-2)11-9-17)21-22-23-24-26(21)18-6-4-3-5-7-18/h8-11,16,18,20H,3-7,12-15H2,1-2H3/t20-/m1/s1. The topological polar surface area (TPSA) is 56.1 Å². The maximum Gasteiger partial charge on any atom is 0.173 e. The Labute approximate surface area is 161 Å². The van der Waals surface area contributed by atoms with E-state index in [4.69, 9.17) is 4.74 Å². The van der Waals surface area contributed by atoms with Crippen LogP contribution in [0.2, 0.25) is 0 Å². The van der Waals surface area contributed by atoms with Gasteiger partial charge in [0.1, 0.15) is 5.75 Å². The Bertz CT molecular complexity index is 714. The monoisotopic (exact) mass is 369 g/mol. The predicted molar refractivity (Wildman–Crippen MR) is 105 cm³/mol. The molecule has 1 aliphatic carbocycles. The zero-order valence-electron chi connectivity index (χ0n) is 16.5. The van der Waals surface area contributed by atoms with Crippen molar-refractivity contribution in [1.29, 1.82) is 0 Å². The van der Waals surface area contributed by atoms with Crippen LogP contribution in [-0.4, -0.2) is 45.3 Å². The van der Waals surface area contributed by atoms with Crippen LogP contribution in [0.5, 0.6) is 5.75 Å². The maximum atomic E-state index is 5.36. The lowest BCUT2D eigenvalue weighted by Crippen LogP contribution is -2.38. The summed E-state index contributed by atoms with van der Waals surface area (Å²) in [6, 6.07) is 8.98. The Morgan fingerprint density at radius 3 is 2.37 bits per heavy atom. The van der Waals surface area contributed by atoms with Crippen LogP contribution >= 0.6 is 0 Å². The molecule has 1 aromatic heterocycles. The smallest absolute Gasteiger partial charge is 0.173 e. The van der Waals surface area contributed by atoms with E-state index in [1.54, 1.807) is 7.11 Å². The molecule has 0 radical (unpaired) electrons. The molecule has 0 bridgehead atoms. The van der Waals surface area contributed by atoms with E-state index in [1.807, 2.05) is 12.1 Å². The first-order valence-corrected chi connectivity index (χ1v) is 10.4. The average Bonchev–Trinajstić information content (AvgIpc) is 3.20. The average molecular weight is 370 g/mol. The highest BCUT2D eigenvalue weighted by atomic mass is 16.5. The number of hydrogen-bond acceptors (Lipinski definition) is 5. The first kappa shape index (κ1) is 18.4. The lowest BCUT2D eigenvalue weighted by Gasteiger charge is -2.37. The fourth-order valence-corrected chi connectivity index (χ4v) is 4.56. The first-order valence-electron chi connectivity index (χ1n) is 10.4. The van der Waals surface area contributed by atoms with Crippen LogP contribution in [0.3, 0.4) is 0 Å². The number of methoxy groups -OCH3 is 1. The van der Waals surface area contributed by atoms with E-state index in [2.05, 4.69) is 44.2 Å². The summed E-state index contributed by atoms with van der Waals surface area (Å²) in [5, 5.41) is 13.1. The van der Waals surface area contributed by atoms with Gasteiger partial charge in [0.05, 0.1) is 19.2 Å². The number of hydrogen-bond donors (Lipinski definition) is 0. The molecule has 1 aromatic carbocycles. The van der Waals surface area contributed by atoms with Crippen molar-refractivity contribution in [3.8, 4) is 5.75 Å². The molecule has 0 spiro atoms. The van der Waals surface area contributed by atoms with Gasteiger partial charge in [0.25, 0.3) is 0 Å². The molecule has 6 heteroatoms. The van der Waals surface area contributed by atoms with Crippen LogP contribution in [0.15, 0.2) is 24.3 Å². The third kappa shape index (κ3) is 4.00. The number of rotatable bonds is 5. The van der Waals surface area contributed by atoms with Crippen molar-refractivity contribution in [2.45, 2.75) is 64.0 Å². The Morgan fingerprint density at radius 2 is 1.70 bits per heavy atom. The molecule has 2 aromatic rings. The molecule has 1 saturated carbocycles. The number of likely N-dealkylation sites (tertiary alicyclic amines) is 1. The fourth-order valence-electron chi connectivity index (χ4n) is 4.56. The highest BCUT2D eigenvalue weighted by Gasteiger charge is 2.32. The zero-order valence-corrected chi connectivity index (χ0v) is 16.5. The summed E-state index contributed by atoms with van der Waals surface area (Å²) in [6.07, 6.45) is 8.72. The van der Waals surface area contributed by atoms with Gasteiger partial charge in [-0.25, -0.2) is 4.68 Å². The van der Waals surface area contributed by atoms with E-state index in [9.17, 15) is 0 Å². The minimum Gasteiger partial charge on any atom is -0.497 e. The first-order chi connectivity index (χ1) is 13.3. The fraction of sp³-hybridized carbons (Fsp3) is 0.667. The van der Waals surface area contributed by atoms with Crippen molar-refractivity contribution >= 4 is 0 Å². The number of piperidine rings is 1. The van der Waals surface area contributed by atoms with Crippen LogP contribution in [0.1, 0.15) is 75.3 Å². The molecular weight excluding hydrogens is 338 g/mol. The second kappa shape index (κ2) is 8.38. The summed E-state index contributed by atoms with van der Waals surface area (Å²) in [7, 11) is 1.71. The van der Waals surface area contributed by atoms with E-state index >= 15 is 0 Å². The molecule has 6 nitrogen and oxygen atoms in total. The van der Waals surface area contributed by atoms with Gasteiger partial charge < -0.3 is 4.74 Å². The van der Waals surface area contributed by atoms with Crippen molar-refractivity contribution in [3.63, 3.8) is 0 Å². The van der Waals surface area contributed by atoms with E-state index in [1.165, 1.54) is 50.5 Å². The SMILES string of the molecule is COc1ccc([C@H](c2nnnn2C2CCCCC2)N2CCC(C)CC2)cc1. The molecule has 2 fully saturated rings. The van der Waals surface area contributed by atoms with Crippen molar-refractivity contribution in [3.05, 3.63) is 35.7 Å². The maximum absolute atomic E-state index is 5.36. The van der Waals surface area contributed by atoms with Crippen molar-refractivity contribution in [1.82, 2.24) is 25.1 Å². The predicted octanol–water partition coefficient (Wildman–Crippen LogP) is 4.01. The number of ether oxygens (including phenoxy) is 1. The number of nitrogens with zero attached hydrogens (tertiary/aromatic N) is 5. The summed E-state index contributed by atoms with van der Waals surface area (Å²) in [5.41, 5.74) is 1.25. The number of aromatic nitrogens is 4. The van der Waals surface area contributed by atoms with Crippen LogP contribution in [0, 0.1) is 5.92 Å². The highest BCUT2D eigenvalue weighted by Crippen LogP contribution is 2.35. The molecule has 0 unspecified atom stereocenters.